The number of nitrogens with zero attached hydrogens (tertiary/aromatic N) is 2. The van der Waals surface area contributed by atoms with Crippen LogP contribution in [-0.4, -0.2) is 85.9 Å². The molecule has 320 valence electrons. The van der Waals surface area contributed by atoms with Crippen LogP contribution in [-0.2, 0) is 29.3 Å². The molecule has 0 saturated carbocycles. The lowest BCUT2D eigenvalue weighted by atomic mass is 9.65. The Balaban J connectivity index is 1.26. The van der Waals surface area contributed by atoms with Crippen LogP contribution in [0.15, 0.2) is 127 Å². The Morgan fingerprint density at radius 2 is 1.56 bits per heavy atom. The molecule has 6 N–H and O–H groups in total. The molecule has 4 amide bonds. The molecule has 6 atom stereocenters. The van der Waals surface area contributed by atoms with Gasteiger partial charge >= 0.3 is 12.0 Å². The number of anilines is 3. The molecule has 0 radical (unpaired) electrons. The first kappa shape index (κ1) is 41.2. The van der Waals surface area contributed by atoms with Crippen molar-refractivity contribution >= 4 is 40.9 Å². The van der Waals surface area contributed by atoms with E-state index in [4.69, 9.17) is 19.9 Å². The molecule has 63 heavy (non-hydrogen) atoms. The Kier molecular flexibility index (Phi) is 11.5. The van der Waals surface area contributed by atoms with E-state index in [2.05, 4.69) is 32.7 Å². The quantitative estimate of drug-likeness (QED) is 0.0965. The highest BCUT2D eigenvalue weighted by Gasteiger charge is 2.74. The Morgan fingerprint density at radius 3 is 2.24 bits per heavy atom. The minimum absolute atomic E-state index is 0.0151. The largest absolute Gasteiger partial charge is 0.491 e. The molecule has 0 aromatic heterocycles. The highest BCUT2D eigenvalue weighted by Crippen LogP contribution is 2.65. The number of ether oxygens (including phenoxy) is 3. The summed E-state index contributed by atoms with van der Waals surface area (Å²) in [6, 6.07) is 35.5. The predicted molar refractivity (Wildman–Crippen MR) is 235 cm³/mol. The summed E-state index contributed by atoms with van der Waals surface area (Å²) in [7, 11) is 0. The summed E-state index contributed by atoms with van der Waals surface area (Å²) in [6.07, 6.45) is -0.836. The third-order valence-electron chi connectivity index (χ3n) is 12.2. The number of nitrogens with one attached hydrogen (secondary N) is 3. The van der Waals surface area contributed by atoms with E-state index in [0.29, 0.717) is 47.0 Å². The molecule has 6 unspecified atom stereocenters. The van der Waals surface area contributed by atoms with Gasteiger partial charge in [-0.3, -0.25) is 19.3 Å². The standard InChI is InChI=1S/C49H46N6O8/c50-48(60)51-23-7-8-31-13-22-39-38(30-31)49(47(59)53-39)40(45(57)52-35-16-18-36(19-17-35)54-24-27-61-28-25-54)42-46(58)63-43(33-11-5-2-6-12-33)41(32-9-3-1-4-10-32)55(42)44(49)34-14-20-37(21-15-34)62-29-26-56/h1-6,9-22,30,40-44,56H,23-29H2,(H,52,57)(H,53,59)(H3,50,51,60). The number of carbonyl (C=O) groups excluding carboxylic acids is 4. The molecule has 4 heterocycles. The van der Waals surface area contributed by atoms with Crippen molar-refractivity contribution in [3.05, 3.63) is 155 Å². The van der Waals surface area contributed by atoms with E-state index in [9.17, 15) is 9.90 Å². The summed E-state index contributed by atoms with van der Waals surface area (Å²) in [5.74, 6) is 3.43. The molecule has 9 rings (SSSR count). The lowest BCUT2D eigenvalue weighted by Gasteiger charge is -2.46. The van der Waals surface area contributed by atoms with Crippen molar-refractivity contribution < 1.29 is 38.5 Å². The number of amides is 4. The fraction of sp³-hybridized carbons (Fsp3) is 0.265. The van der Waals surface area contributed by atoms with E-state index in [1.54, 1.807) is 30.3 Å². The van der Waals surface area contributed by atoms with Crippen molar-refractivity contribution in [2.24, 2.45) is 11.7 Å². The normalized spacial score (nSPS) is 23.7. The molecule has 1 spiro atoms. The van der Waals surface area contributed by atoms with Gasteiger partial charge < -0.3 is 45.9 Å². The number of morpholine rings is 2. The van der Waals surface area contributed by atoms with Gasteiger partial charge in [0.25, 0.3) is 0 Å². The first-order chi connectivity index (χ1) is 30.8. The van der Waals surface area contributed by atoms with E-state index < -0.39 is 59.4 Å². The van der Waals surface area contributed by atoms with Gasteiger partial charge in [-0.05, 0) is 76.9 Å². The van der Waals surface area contributed by atoms with E-state index in [1.165, 1.54) is 0 Å². The number of esters is 1. The first-order valence-corrected chi connectivity index (χ1v) is 20.9. The van der Waals surface area contributed by atoms with Crippen LogP contribution in [0.2, 0.25) is 0 Å². The number of carbonyl (C=O) groups is 4. The number of hydrogen-bond donors (Lipinski definition) is 5. The van der Waals surface area contributed by atoms with E-state index in [1.807, 2.05) is 102 Å². The smallest absolute Gasteiger partial charge is 0.324 e. The molecule has 0 aliphatic carbocycles. The summed E-state index contributed by atoms with van der Waals surface area (Å²) < 4.78 is 17.8. The van der Waals surface area contributed by atoms with E-state index in [-0.39, 0.29) is 19.8 Å². The SMILES string of the molecule is NC(=O)NCC#Cc1ccc2c(c1)C1(C(=O)N2)C(C(=O)Nc2ccc(N3CCOCC3)cc2)C2C(=O)OC(c3ccccc3)C(c3ccccc3)N2C1c1ccc(OCCO)cc1. The van der Waals surface area contributed by atoms with Gasteiger partial charge in [-0.2, -0.15) is 0 Å². The van der Waals surface area contributed by atoms with Gasteiger partial charge in [0.05, 0.1) is 44.4 Å². The van der Waals surface area contributed by atoms with Crippen LogP contribution < -0.4 is 31.3 Å². The van der Waals surface area contributed by atoms with Gasteiger partial charge in [0, 0.05) is 35.7 Å². The molecule has 14 heteroatoms. The molecule has 4 aliphatic rings. The topological polar surface area (TPSA) is 185 Å². The van der Waals surface area contributed by atoms with Gasteiger partial charge in [-0.15, -0.1) is 0 Å². The molecule has 4 aliphatic heterocycles. The summed E-state index contributed by atoms with van der Waals surface area (Å²) in [4.78, 5) is 61.8. The second-order valence-electron chi connectivity index (χ2n) is 15.8. The maximum absolute atomic E-state index is 15.5. The Hall–Kier alpha value is -7.18. The van der Waals surface area contributed by atoms with Gasteiger partial charge in [-0.25, -0.2) is 4.79 Å². The summed E-state index contributed by atoms with van der Waals surface area (Å²) >= 11 is 0. The lowest BCUT2D eigenvalue weighted by Crippen LogP contribution is -2.53. The minimum atomic E-state index is -1.76. The zero-order valence-corrected chi connectivity index (χ0v) is 34.2. The zero-order chi connectivity index (χ0) is 43.5. The molecule has 5 aromatic carbocycles. The van der Waals surface area contributed by atoms with Crippen LogP contribution in [0.25, 0.3) is 0 Å². The molecule has 3 fully saturated rings. The van der Waals surface area contributed by atoms with Crippen molar-refractivity contribution in [2.75, 3.05) is 61.6 Å². The third kappa shape index (κ3) is 7.71. The maximum Gasteiger partial charge on any atom is 0.324 e. The number of hydrogen-bond acceptors (Lipinski definition) is 10. The van der Waals surface area contributed by atoms with Gasteiger partial charge in [0.2, 0.25) is 11.8 Å². The van der Waals surface area contributed by atoms with Crippen molar-refractivity contribution in [3.63, 3.8) is 0 Å². The number of aliphatic hydroxyl groups is 1. The molecular formula is C49H46N6O8. The highest BCUT2D eigenvalue weighted by atomic mass is 16.6. The molecule has 14 nitrogen and oxygen atoms in total. The van der Waals surface area contributed by atoms with Crippen LogP contribution in [0.4, 0.5) is 21.9 Å². The van der Waals surface area contributed by atoms with Crippen LogP contribution in [0.3, 0.4) is 0 Å². The van der Waals surface area contributed by atoms with Crippen LogP contribution in [0.5, 0.6) is 5.75 Å². The third-order valence-corrected chi connectivity index (χ3v) is 12.2. The van der Waals surface area contributed by atoms with Crippen molar-refractivity contribution in [1.29, 1.82) is 0 Å². The predicted octanol–water partition coefficient (Wildman–Crippen LogP) is 4.82. The Bertz CT molecular complexity index is 2560. The summed E-state index contributed by atoms with van der Waals surface area (Å²) in [5, 5.41) is 18.2. The lowest BCUT2D eigenvalue weighted by molar-refractivity contribution is -0.177. The Labute approximate surface area is 364 Å². The maximum atomic E-state index is 15.5. The summed E-state index contributed by atoms with van der Waals surface area (Å²) in [6.45, 7) is 2.59. The highest BCUT2D eigenvalue weighted by molar-refractivity contribution is 6.13. The van der Waals surface area contributed by atoms with E-state index in [0.717, 1.165) is 29.9 Å². The van der Waals surface area contributed by atoms with Crippen LogP contribution in [0.1, 0.15) is 46.0 Å². The monoisotopic (exact) mass is 846 g/mol. The number of nitrogens with two attached hydrogens (primary N) is 1. The number of urea groups is 1. The average molecular weight is 847 g/mol. The zero-order valence-electron chi connectivity index (χ0n) is 34.2. The molecule has 3 saturated heterocycles. The summed E-state index contributed by atoms with van der Waals surface area (Å²) in [5.41, 5.74) is 8.62. The molecular weight excluding hydrogens is 801 g/mol. The van der Waals surface area contributed by atoms with Crippen LogP contribution >= 0.6 is 0 Å². The first-order valence-electron chi connectivity index (χ1n) is 20.9. The van der Waals surface area contributed by atoms with Crippen molar-refractivity contribution in [2.45, 2.75) is 29.6 Å². The number of fused-ring (bicyclic) bond motifs is 3. The van der Waals surface area contributed by atoms with E-state index >= 15 is 14.4 Å². The fourth-order valence-corrected chi connectivity index (χ4v) is 9.66. The van der Waals surface area contributed by atoms with Crippen molar-refractivity contribution in [3.8, 4) is 17.6 Å². The molecule has 0 bridgehead atoms. The van der Waals surface area contributed by atoms with Gasteiger partial charge in [-0.1, -0.05) is 84.6 Å². The van der Waals surface area contributed by atoms with Crippen molar-refractivity contribution in [1.82, 2.24) is 10.2 Å². The second kappa shape index (κ2) is 17.7. The number of cyclic esters (lactones) is 1. The molecule has 5 aromatic rings. The second-order valence-corrected chi connectivity index (χ2v) is 15.8. The van der Waals surface area contributed by atoms with Gasteiger partial charge in [0.1, 0.15) is 29.9 Å². The van der Waals surface area contributed by atoms with Gasteiger partial charge in [0.15, 0.2) is 0 Å². The Morgan fingerprint density at radius 1 is 0.857 bits per heavy atom. The number of benzene rings is 5. The number of primary amides is 1. The van der Waals surface area contributed by atoms with Crippen LogP contribution in [0, 0.1) is 17.8 Å². The average Bonchev–Trinajstić information content (AvgIpc) is 3.79. The number of aliphatic hydroxyl groups excluding tert-OH is 1. The fourth-order valence-electron chi connectivity index (χ4n) is 9.66. The minimum Gasteiger partial charge on any atom is -0.491 e. The number of rotatable bonds is 10.